The summed E-state index contributed by atoms with van der Waals surface area (Å²) in [5.41, 5.74) is -0.160. The minimum atomic E-state index is -4.45. The molecule has 1 amide bonds. The van der Waals surface area contributed by atoms with Crippen molar-refractivity contribution in [2.45, 2.75) is 16.1 Å². The first-order valence-corrected chi connectivity index (χ1v) is 11.3. The third-order valence-corrected chi connectivity index (χ3v) is 7.15. The van der Waals surface area contributed by atoms with E-state index in [2.05, 4.69) is 10.3 Å². The molecule has 0 aliphatic carbocycles. The molecule has 1 N–H and O–H groups in total. The maximum Gasteiger partial charge on any atom is 0.398 e. The lowest BCUT2D eigenvalue weighted by atomic mass is 10.2. The van der Waals surface area contributed by atoms with E-state index in [1.165, 1.54) is 18.3 Å². The number of nitrogens with zero attached hydrogens (tertiary/aromatic N) is 2. The molecule has 1 aromatic heterocycles. The normalized spacial score (nSPS) is 15.6. The average Bonchev–Trinajstić information content (AvgIpc) is 2.74. The molecule has 0 saturated carbocycles. The van der Waals surface area contributed by atoms with Gasteiger partial charge in [0.2, 0.25) is 10.0 Å². The summed E-state index contributed by atoms with van der Waals surface area (Å²) in [6.45, 7) is 0.481. The molecule has 0 atom stereocenters. The summed E-state index contributed by atoms with van der Waals surface area (Å²) in [6, 6.07) is 5.69. The van der Waals surface area contributed by atoms with Gasteiger partial charge in [0.25, 0.3) is 5.91 Å². The van der Waals surface area contributed by atoms with Gasteiger partial charge in [-0.25, -0.2) is 17.8 Å². The van der Waals surface area contributed by atoms with Gasteiger partial charge in [-0.2, -0.15) is 17.5 Å². The zero-order valence-electron chi connectivity index (χ0n) is 15.9. The number of halogens is 4. The van der Waals surface area contributed by atoms with Crippen LogP contribution >= 0.6 is 11.8 Å². The highest BCUT2D eigenvalue weighted by Gasteiger charge is 2.30. The van der Waals surface area contributed by atoms with Gasteiger partial charge in [0.05, 0.1) is 24.5 Å². The van der Waals surface area contributed by atoms with Crippen molar-refractivity contribution in [2.24, 2.45) is 0 Å². The quantitative estimate of drug-likeness (QED) is 0.506. The van der Waals surface area contributed by atoms with Gasteiger partial charge in [-0.05, 0) is 30.3 Å². The first kappa shape index (κ1) is 23.4. The second-order valence-corrected chi connectivity index (χ2v) is 9.25. The van der Waals surface area contributed by atoms with Crippen molar-refractivity contribution in [3.05, 3.63) is 47.9 Å². The second kappa shape index (κ2) is 9.51. The summed E-state index contributed by atoms with van der Waals surface area (Å²) >= 11 is 0.350. The van der Waals surface area contributed by atoms with Crippen molar-refractivity contribution in [1.29, 1.82) is 0 Å². The monoisotopic (exact) mass is 479 g/mol. The third kappa shape index (κ3) is 5.93. The molecule has 2 aromatic rings. The van der Waals surface area contributed by atoms with Crippen LogP contribution in [-0.2, 0) is 14.8 Å². The predicted octanol–water partition coefficient (Wildman–Crippen LogP) is 3.15. The molecule has 1 fully saturated rings. The van der Waals surface area contributed by atoms with E-state index in [4.69, 9.17) is 4.74 Å². The first-order chi connectivity index (χ1) is 14.6. The fraction of sp³-hybridized carbons (Fsp3) is 0.333. The number of hydrogen-bond acceptors (Lipinski definition) is 6. The minimum absolute atomic E-state index is 0.0335. The Morgan fingerprint density at radius 1 is 1.23 bits per heavy atom. The fourth-order valence-electron chi connectivity index (χ4n) is 2.73. The third-order valence-electron chi connectivity index (χ3n) is 4.17. The van der Waals surface area contributed by atoms with Gasteiger partial charge < -0.3 is 10.1 Å². The number of aromatic nitrogens is 1. The van der Waals surface area contributed by atoms with E-state index in [0.29, 0.717) is 11.8 Å². The number of carbonyl (C=O) groups is 1. The second-order valence-electron chi connectivity index (χ2n) is 6.38. The van der Waals surface area contributed by atoms with Gasteiger partial charge in [-0.1, -0.05) is 11.8 Å². The number of hydrogen-bond donors (Lipinski definition) is 1. The van der Waals surface area contributed by atoms with Crippen LogP contribution in [-0.4, -0.2) is 61.8 Å². The lowest BCUT2D eigenvalue weighted by Crippen LogP contribution is -2.40. The lowest BCUT2D eigenvalue weighted by Gasteiger charge is -2.26. The Labute approximate surface area is 179 Å². The number of thioether (sulfide) groups is 1. The molecule has 0 unspecified atom stereocenters. The van der Waals surface area contributed by atoms with Crippen LogP contribution in [0.3, 0.4) is 0 Å². The van der Waals surface area contributed by atoms with Gasteiger partial charge >= 0.3 is 6.18 Å². The summed E-state index contributed by atoms with van der Waals surface area (Å²) in [5, 5.41) is 2.25. The van der Waals surface area contributed by atoms with Crippen LogP contribution in [0.1, 0.15) is 10.4 Å². The molecule has 0 bridgehead atoms. The maximum absolute atomic E-state index is 14.3. The first-order valence-electron chi connectivity index (χ1n) is 8.91. The van der Waals surface area contributed by atoms with Gasteiger partial charge in [0.15, 0.2) is 0 Å². The van der Waals surface area contributed by atoms with Crippen molar-refractivity contribution >= 4 is 33.4 Å². The highest BCUT2D eigenvalue weighted by atomic mass is 32.2. The van der Waals surface area contributed by atoms with Crippen LogP contribution in [0.4, 0.5) is 23.2 Å². The van der Waals surface area contributed by atoms with Crippen LogP contribution < -0.4 is 5.32 Å². The standard InChI is InChI=1S/C18H17F4N3O4S2/c19-14-4-3-12(10-15(14)31(27,28)25-6-8-29-9-7-25)24-16(26)13-2-1-5-23-17(13)30-11-18(20,21)22/h1-5,10H,6-9,11H2,(H,24,26). The number of amides is 1. The number of benzene rings is 1. The van der Waals surface area contributed by atoms with E-state index in [0.717, 1.165) is 22.5 Å². The van der Waals surface area contributed by atoms with Crippen molar-refractivity contribution in [1.82, 2.24) is 9.29 Å². The fourth-order valence-corrected chi connectivity index (χ4v) is 4.98. The smallest absolute Gasteiger partial charge is 0.379 e. The van der Waals surface area contributed by atoms with E-state index in [9.17, 15) is 30.8 Å². The van der Waals surface area contributed by atoms with E-state index in [-0.39, 0.29) is 42.6 Å². The van der Waals surface area contributed by atoms with E-state index < -0.39 is 38.6 Å². The Hall–Kier alpha value is -2.22. The SMILES string of the molecule is O=C(Nc1ccc(F)c(S(=O)(=O)N2CCOCC2)c1)c1cccnc1SCC(F)(F)F. The molecule has 1 aromatic carbocycles. The largest absolute Gasteiger partial charge is 0.398 e. The number of anilines is 1. The van der Waals surface area contributed by atoms with Crippen molar-refractivity contribution in [2.75, 3.05) is 37.4 Å². The number of ether oxygens (including phenoxy) is 1. The van der Waals surface area contributed by atoms with Gasteiger partial charge in [-0.15, -0.1) is 0 Å². The number of pyridine rings is 1. The number of carbonyl (C=O) groups excluding carboxylic acids is 1. The average molecular weight is 479 g/mol. The summed E-state index contributed by atoms with van der Waals surface area (Å²) in [4.78, 5) is 15.8. The van der Waals surface area contributed by atoms with Gasteiger partial charge in [0.1, 0.15) is 15.7 Å². The Morgan fingerprint density at radius 3 is 2.61 bits per heavy atom. The molecule has 13 heteroatoms. The maximum atomic E-state index is 14.3. The number of nitrogens with one attached hydrogen (secondary N) is 1. The van der Waals surface area contributed by atoms with Crippen LogP contribution in [0.25, 0.3) is 0 Å². The summed E-state index contributed by atoms with van der Waals surface area (Å²) < 4.78 is 83.5. The predicted molar refractivity (Wildman–Crippen MR) is 105 cm³/mol. The Kier molecular flexibility index (Phi) is 7.19. The van der Waals surface area contributed by atoms with E-state index in [1.807, 2.05) is 0 Å². The zero-order chi connectivity index (χ0) is 22.6. The molecule has 0 spiro atoms. The molecular formula is C18H17F4N3O4S2. The molecule has 3 rings (SSSR count). The number of alkyl halides is 3. The van der Waals surface area contributed by atoms with Crippen molar-refractivity contribution in [3.63, 3.8) is 0 Å². The van der Waals surface area contributed by atoms with Gasteiger partial charge in [-0.3, -0.25) is 4.79 Å². The Balaban J connectivity index is 1.83. The number of morpholine rings is 1. The molecule has 0 radical (unpaired) electrons. The summed E-state index contributed by atoms with van der Waals surface area (Å²) in [7, 11) is -4.16. The number of rotatable bonds is 6. The van der Waals surface area contributed by atoms with Gasteiger partial charge in [0, 0.05) is 25.0 Å². The van der Waals surface area contributed by atoms with Crippen LogP contribution in [0.2, 0.25) is 0 Å². The highest BCUT2D eigenvalue weighted by molar-refractivity contribution is 7.99. The van der Waals surface area contributed by atoms with E-state index >= 15 is 0 Å². The van der Waals surface area contributed by atoms with Crippen LogP contribution in [0.5, 0.6) is 0 Å². The molecule has 1 saturated heterocycles. The number of sulfonamides is 1. The molecule has 7 nitrogen and oxygen atoms in total. The zero-order valence-corrected chi connectivity index (χ0v) is 17.5. The molecule has 168 valence electrons. The molecule has 31 heavy (non-hydrogen) atoms. The molecular weight excluding hydrogens is 462 g/mol. The van der Waals surface area contributed by atoms with Crippen molar-refractivity contribution < 1.29 is 35.5 Å². The topological polar surface area (TPSA) is 88.6 Å². The Morgan fingerprint density at radius 2 is 1.94 bits per heavy atom. The van der Waals surface area contributed by atoms with E-state index in [1.54, 1.807) is 0 Å². The molecule has 1 aliphatic heterocycles. The lowest BCUT2D eigenvalue weighted by molar-refractivity contribution is -0.105. The Bertz CT molecular complexity index is 1060. The molecule has 1 aliphatic rings. The molecule has 2 heterocycles. The van der Waals surface area contributed by atoms with Crippen LogP contribution in [0.15, 0.2) is 46.5 Å². The minimum Gasteiger partial charge on any atom is -0.379 e. The summed E-state index contributed by atoms with van der Waals surface area (Å²) in [6.07, 6.45) is -3.20. The van der Waals surface area contributed by atoms with Crippen LogP contribution in [0, 0.1) is 5.82 Å². The van der Waals surface area contributed by atoms with Crippen molar-refractivity contribution in [3.8, 4) is 0 Å². The summed E-state index contributed by atoms with van der Waals surface area (Å²) in [5.74, 6) is -3.03. The highest BCUT2D eigenvalue weighted by Crippen LogP contribution is 2.29.